The van der Waals surface area contributed by atoms with E-state index in [2.05, 4.69) is 4.90 Å². The van der Waals surface area contributed by atoms with Crippen LogP contribution in [-0.4, -0.2) is 47.1 Å². The second kappa shape index (κ2) is 11.1. The fourth-order valence-corrected chi connectivity index (χ4v) is 5.44. The number of fused-ring (bicyclic) bond motifs is 1. The molecule has 4 aromatic rings. The van der Waals surface area contributed by atoms with Crippen LogP contribution in [0.2, 0.25) is 0 Å². The molecule has 2 N–H and O–H groups in total. The maximum absolute atomic E-state index is 14.0. The number of thiophene rings is 1. The van der Waals surface area contributed by atoms with Crippen LogP contribution in [0.15, 0.2) is 66.6 Å². The van der Waals surface area contributed by atoms with Gasteiger partial charge in [0.15, 0.2) is 5.78 Å². The number of hydrogen-bond donors (Lipinski definition) is 2. The molecule has 1 aromatic heterocycles. The lowest BCUT2D eigenvalue weighted by Gasteiger charge is -2.26. The maximum Gasteiger partial charge on any atom is 0.195 e. The minimum atomic E-state index is -0.651. The predicted octanol–water partition coefficient (Wildman–Crippen LogP) is 6.50. The number of hydrogen-bond acceptors (Lipinski definition) is 6. The lowest BCUT2D eigenvalue weighted by atomic mass is 9.97. The van der Waals surface area contributed by atoms with Crippen LogP contribution in [0, 0.1) is 0 Å². The number of phenols is 2. The predicted molar refractivity (Wildman–Crippen MR) is 143 cm³/mol. The van der Waals surface area contributed by atoms with Crippen LogP contribution in [0.1, 0.15) is 40.7 Å². The molecule has 3 aromatic carbocycles. The molecule has 1 aliphatic heterocycles. The highest BCUT2D eigenvalue weighted by Gasteiger charge is 2.22. The van der Waals surface area contributed by atoms with E-state index in [9.17, 15) is 15.0 Å². The van der Waals surface area contributed by atoms with Crippen LogP contribution in [0.4, 0.5) is 0 Å². The molecular formula is C28H28ClNO4S. The quantitative estimate of drug-likeness (QED) is 0.276. The lowest BCUT2D eigenvalue weighted by Crippen LogP contribution is -2.33. The van der Waals surface area contributed by atoms with Crippen molar-refractivity contribution < 1.29 is 25.2 Å². The summed E-state index contributed by atoms with van der Waals surface area (Å²) in [5, 5.41) is 20.3. The third kappa shape index (κ3) is 5.61. The molecule has 0 radical (unpaired) electrons. The minimum absolute atomic E-state index is 0. The Morgan fingerprint density at radius 2 is 1.66 bits per heavy atom. The van der Waals surface area contributed by atoms with Gasteiger partial charge in [-0.15, -0.1) is 23.7 Å². The molecule has 182 valence electrons. The Morgan fingerprint density at radius 1 is 0.971 bits per heavy atom. The minimum Gasteiger partial charge on any atom is -0.508 e. The highest BCUT2D eigenvalue weighted by molar-refractivity contribution is 7.22. The van der Waals surface area contributed by atoms with E-state index in [0.29, 0.717) is 27.1 Å². The Morgan fingerprint density at radius 3 is 2.37 bits per heavy atom. The summed E-state index contributed by atoms with van der Waals surface area (Å²) in [6.07, 6.45) is 3.46. The normalized spacial score (nSPS) is 15.5. The molecule has 35 heavy (non-hydrogen) atoms. The number of halogens is 1. The van der Waals surface area contributed by atoms with E-state index in [1.807, 2.05) is 0 Å². The molecule has 7 heteroatoms. The fraction of sp³-hybridized carbons (Fsp3) is 0.250. The summed E-state index contributed by atoms with van der Waals surface area (Å²) >= 11 is 1.26. The molecular weight excluding hydrogens is 482 g/mol. The number of nitrogens with zero attached hydrogens (tertiary/aromatic N) is 1. The van der Waals surface area contributed by atoms with Gasteiger partial charge in [-0.2, -0.15) is 0 Å². The monoisotopic (exact) mass is 513 g/mol. The van der Waals surface area contributed by atoms with Crippen LogP contribution in [0.25, 0.3) is 20.5 Å². The van der Waals surface area contributed by atoms with Crippen molar-refractivity contribution in [2.24, 2.45) is 0 Å². The summed E-state index contributed by atoms with van der Waals surface area (Å²) < 4.78 is 40.6. The fourth-order valence-electron chi connectivity index (χ4n) is 4.20. The van der Waals surface area contributed by atoms with Crippen molar-refractivity contribution in [1.82, 2.24) is 4.90 Å². The van der Waals surface area contributed by atoms with E-state index in [1.54, 1.807) is 18.2 Å². The number of piperidine rings is 1. The van der Waals surface area contributed by atoms with Crippen LogP contribution < -0.4 is 4.74 Å². The van der Waals surface area contributed by atoms with Crippen LogP contribution >= 0.6 is 23.7 Å². The number of ether oxygens (including phenoxy) is 1. The van der Waals surface area contributed by atoms with Crippen molar-refractivity contribution in [3.8, 4) is 27.7 Å². The molecule has 2 heterocycles. The van der Waals surface area contributed by atoms with Crippen molar-refractivity contribution in [3.05, 3.63) is 77.8 Å². The van der Waals surface area contributed by atoms with E-state index in [0.717, 1.165) is 25.9 Å². The lowest BCUT2D eigenvalue weighted by molar-refractivity contribution is 0.104. The zero-order valence-electron chi connectivity index (χ0n) is 23.0. The number of benzene rings is 3. The number of ketones is 1. The first-order valence-electron chi connectivity index (χ1n) is 13.3. The average molecular weight is 514 g/mol. The number of carbonyl (C=O) groups excluding carboxylic acids is 1. The molecule has 1 aliphatic rings. The Kier molecular flexibility index (Phi) is 6.41. The third-order valence-electron chi connectivity index (χ3n) is 5.96. The van der Waals surface area contributed by atoms with Gasteiger partial charge in [-0.3, -0.25) is 9.69 Å². The van der Waals surface area contributed by atoms with E-state index in [-0.39, 0.29) is 47.4 Å². The average Bonchev–Trinajstić information content (AvgIpc) is 3.29. The summed E-state index contributed by atoms with van der Waals surface area (Å²) in [5.74, 6) is -0.713. The molecule has 0 atom stereocenters. The van der Waals surface area contributed by atoms with E-state index < -0.39 is 30.0 Å². The summed E-state index contributed by atoms with van der Waals surface area (Å²) in [6, 6.07) is 9.21. The molecule has 5 nitrogen and oxygen atoms in total. The van der Waals surface area contributed by atoms with Gasteiger partial charge in [0, 0.05) is 32.6 Å². The third-order valence-corrected chi connectivity index (χ3v) is 7.16. The number of phenolic OH excluding ortho intramolecular Hbond substituents is 2. The van der Waals surface area contributed by atoms with Gasteiger partial charge in [-0.05, 0) is 98.1 Å². The molecule has 5 rings (SSSR count). The van der Waals surface area contributed by atoms with Gasteiger partial charge in [0.2, 0.25) is 0 Å². The van der Waals surface area contributed by atoms with Crippen LogP contribution in [0.3, 0.4) is 0 Å². The van der Waals surface area contributed by atoms with Crippen LogP contribution in [-0.2, 0) is 0 Å². The SMILES string of the molecule is Cl.[2H]c1c([2H])c(C(=O)c2c(-c3ccc(O)cc3)sc3cc(O)ccc23)c([2H])c([2H])c1OCCN1CCCCC1. The summed E-state index contributed by atoms with van der Waals surface area (Å²) in [5.41, 5.74) is 0.520. The first-order chi connectivity index (χ1) is 18.3. The standard InChI is InChI=1S/C28H27NO4S.ClH/c30-21-8-4-20(5-9-21)28-26(24-13-10-22(31)18-25(24)34-28)27(32)19-6-11-23(12-7-19)33-17-16-29-14-2-1-3-15-29;/h4-13,18,30-31H,1-3,14-17H2;1H/i6D,7D,11D,12D;. The van der Waals surface area contributed by atoms with E-state index in [4.69, 9.17) is 10.2 Å². The van der Waals surface area contributed by atoms with Crippen molar-refractivity contribution in [2.45, 2.75) is 19.3 Å². The molecule has 1 saturated heterocycles. The molecule has 0 unspecified atom stereocenters. The van der Waals surface area contributed by atoms with Crippen LogP contribution in [0.5, 0.6) is 17.2 Å². The molecule has 1 fully saturated rings. The van der Waals surface area contributed by atoms with E-state index in [1.165, 1.54) is 42.0 Å². The number of carbonyl (C=O) groups is 1. The van der Waals surface area contributed by atoms with Crippen molar-refractivity contribution >= 4 is 39.6 Å². The second-order valence-electron chi connectivity index (χ2n) is 8.32. The van der Waals surface area contributed by atoms with Gasteiger partial charge >= 0.3 is 0 Å². The van der Waals surface area contributed by atoms with Gasteiger partial charge in [0.05, 0.1) is 5.48 Å². The zero-order valence-corrected chi connectivity index (χ0v) is 20.6. The first-order valence-corrected chi connectivity index (χ1v) is 12.1. The topological polar surface area (TPSA) is 70.0 Å². The summed E-state index contributed by atoms with van der Waals surface area (Å²) in [6.45, 7) is 2.81. The molecule has 0 saturated carbocycles. The van der Waals surface area contributed by atoms with Gasteiger partial charge in [-0.25, -0.2) is 0 Å². The molecule has 0 aliphatic carbocycles. The molecule has 0 amide bonds. The van der Waals surface area contributed by atoms with Crippen molar-refractivity contribution in [1.29, 1.82) is 0 Å². The maximum atomic E-state index is 14.0. The molecule has 0 spiro atoms. The summed E-state index contributed by atoms with van der Waals surface area (Å²) in [7, 11) is 0. The smallest absolute Gasteiger partial charge is 0.195 e. The van der Waals surface area contributed by atoms with E-state index >= 15 is 0 Å². The Labute approximate surface area is 220 Å². The van der Waals surface area contributed by atoms with Crippen molar-refractivity contribution in [3.63, 3.8) is 0 Å². The Hall–Kier alpha value is -3.06. The largest absolute Gasteiger partial charge is 0.508 e. The molecule has 0 bridgehead atoms. The zero-order chi connectivity index (χ0) is 27.0. The first kappa shape index (κ1) is 20.2. The van der Waals surface area contributed by atoms with Gasteiger partial charge in [0.1, 0.15) is 23.9 Å². The highest BCUT2D eigenvalue weighted by atomic mass is 35.5. The second-order valence-corrected chi connectivity index (χ2v) is 9.37. The van der Waals surface area contributed by atoms with Gasteiger partial charge in [0.25, 0.3) is 0 Å². The summed E-state index contributed by atoms with van der Waals surface area (Å²) in [4.78, 5) is 16.8. The van der Waals surface area contributed by atoms with Gasteiger partial charge in [-0.1, -0.05) is 6.42 Å². The number of likely N-dealkylation sites (tertiary alicyclic amines) is 1. The number of rotatable bonds is 7. The Bertz CT molecular complexity index is 1490. The number of aromatic hydroxyl groups is 2. The van der Waals surface area contributed by atoms with Crippen molar-refractivity contribution in [2.75, 3.05) is 26.2 Å². The highest BCUT2D eigenvalue weighted by Crippen LogP contribution is 2.41. The Balaban J connectivity index is 0.00000353. The van der Waals surface area contributed by atoms with Gasteiger partial charge < -0.3 is 14.9 Å².